The largest absolute Gasteiger partial charge is 0.295 e. The van der Waals surface area contributed by atoms with Gasteiger partial charge in [-0.15, -0.1) is 0 Å². The smallest absolute Gasteiger partial charge is 0.159 e. The zero-order valence-electron chi connectivity index (χ0n) is 9.25. The highest BCUT2D eigenvalue weighted by atomic mass is 16.1. The van der Waals surface area contributed by atoms with Crippen LogP contribution < -0.4 is 0 Å². The van der Waals surface area contributed by atoms with Crippen LogP contribution in [-0.4, -0.2) is 5.78 Å². The van der Waals surface area contributed by atoms with E-state index in [1.807, 2.05) is 6.08 Å². The standard InChI is InChI=1S/C13H20O/c1-9(2)13-11-7-5-3-4-6-10(11)8-12(13)14/h8-9,11,13H,3-7H2,1-2H3. The van der Waals surface area contributed by atoms with Gasteiger partial charge < -0.3 is 0 Å². The van der Waals surface area contributed by atoms with E-state index >= 15 is 0 Å². The molecule has 1 saturated carbocycles. The van der Waals surface area contributed by atoms with E-state index in [0.29, 0.717) is 23.5 Å². The molecule has 2 unspecified atom stereocenters. The zero-order valence-corrected chi connectivity index (χ0v) is 9.25. The summed E-state index contributed by atoms with van der Waals surface area (Å²) in [6, 6.07) is 0. The highest BCUT2D eigenvalue weighted by Crippen LogP contribution is 2.41. The molecule has 0 aromatic heterocycles. The van der Waals surface area contributed by atoms with Crippen LogP contribution in [0, 0.1) is 17.8 Å². The van der Waals surface area contributed by atoms with Crippen LogP contribution in [-0.2, 0) is 4.79 Å². The van der Waals surface area contributed by atoms with Gasteiger partial charge in [0.05, 0.1) is 0 Å². The van der Waals surface area contributed by atoms with E-state index in [1.54, 1.807) is 0 Å². The molecule has 14 heavy (non-hydrogen) atoms. The van der Waals surface area contributed by atoms with Crippen LogP contribution in [0.15, 0.2) is 11.6 Å². The predicted octanol–water partition coefficient (Wildman–Crippen LogP) is 3.35. The van der Waals surface area contributed by atoms with Gasteiger partial charge in [0.1, 0.15) is 0 Å². The van der Waals surface area contributed by atoms with Crippen LogP contribution >= 0.6 is 0 Å². The fourth-order valence-corrected chi connectivity index (χ4v) is 3.10. The van der Waals surface area contributed by atoms with Gasteiger partial charge in [-0.3, -0.25) is 4.79 Å². The summed E-state index contributed by atoms with van der Waals surface area (Å²) < 4.78 is 0. The molecule has 0 aromatic rings. The third-order valence-electron chi connectivity index (χ3n) is 3.76. The first-order chi connectivity index (χ1) is 6.70. The van der Waals surface area contributed by atoms with E-state index in [9.17, 15) is 4.79 Å². The topological polar surface area (TPSA) is 17.1 Å². The minimum Gasteiger partial charge on any atom is -0.295 e. The maximum absolute atomic E-state index is 11.8. The Morgan fingerprint density at radius 3 is 2.79 bits per heavy atom. The van der Waals surface area contributed by atoms with Crippen LogP contribution in [0.4, 0.5) is 0 Å². The number of carbonyl (C=O) groups is 1. The number of rotatable bonds is 1. The van der Waals surface area contributed by atoms with Crippen molar-refractivity contribution in [1.29, 1.82) is 0 Å². The molecule has 1 fully saturated rings. The van der Waals surface area contributed by atoms with Crippen molar-refractivity contribution >= 4 is 5.78 Å². The van der Waals surface area contributed by atoms with E-state index in [4.69, 9.17) is 0 Å². The number of carbonyl (C=O) groups excluding carboxylic acids is 1. The lowest BCUT2D eigenvalue weighted by atomic mass is 9.80. The number of allylic oxidation sites excluding steroid dienone is 2. The van der Waals surface area contributed by atoms with Gasteiger partial charge in [0.25, 0.3) is 0 Å². The van der Waals surface area contributed by atoms with Crippen molar-refractivity contribution in [2.75, 3.05) is 0 Å². The average Bonchev–Trinajstić information content (AvgIpc) is 2.31. The Labute approximate surface area is 86.6 Å². The van der Waals surface area contributed by atoms with E-state index in [1.165, 1.54) is 37.7 Å². The molecule has 0 amide bonds. The molecule has 0 radical (unpaired) electrons. The molecule has 2 aliphatic carbocycles. The molecule has 0 aliphatic heterocycles. The Balaban J connectivity index is 2.20. The molecule has 2 atom stereocenters. The number of hydrogen-bond donors (Lipinski definition) is 0. The maximum atomic E-state index is 11.8. The van der Waals surface area contributed by atoms with E-state index < -0.39 is 0 Å². The van der Waals surface area contributed by atoms with Gasteiger partial charge in [-0.05, 0) is 37.2 Å². The van der Waals surface area contributed by atoms with Crippen LogP contribution in [0.5, 0.6) is 0 Å². The molecule has 2 rings (SSSR count). The number of hydrogen-bond acceptors (Lipinski definition) is 1. The van der Waals surface area contributed by atoms with Crippen LogP contribution in [0.3, 0.4) is 0 Å². The Kier molecular flexibility index (Phi) is 2.76. The summed E-state index contributed by atoms with van der Waals surface area (Å²) in [6.07, 6.45) is 8.35. The summed E-state index contributed by atoms with van der Waals surface area (Å²) in [5.41, 5.74) is 1.46. The summed E-state index contributed by atoms with van der Waals surface area (Å²) in [7, 11) is 0. The van der Waals surface area contributed by atoms with Gasteiger partial charge in [-0.25, -0.2) is 0 Å². The van der Waals surface area contributed by atoms with Gasteiger partial charge in [0.2, 0.25) is 0 Å². The average molecular weight is 192 g/mol. The second kappa shape index (κ2) is 3.88. The molecule has 0 N–H and O–H groups in total. The van der Waals surface area contributed by atoms with Gasteiger partial charge >= 0.3 is 0 Å². The zero-order chi connectivity index (χ0) is 10.1. The predicted molar refractivity (Wildman–Crippen MR) is 58.0 cm³/mol. The Morgan fingerprint density at radius 2 is 2.07 bits per heavy atom. The van der Waals surface area contributed by atoms with Gasteiger partial charge in [-0.1, -0.05) is 32.3 Å². The molecule has 0 spiro atoms. The second-order valence-electron chi connectivity index (χ2n) is 5.10. The fraction of sp³-hybridized carbons (Fsp3) is 0.769. The lowest BCUT2D eigenvalue weighted by Gasteiger charge is -2.23. The van der Waals surface area contributed by atoms with Gasteiger partial charge in [0.15, 0.2) is 5.78 Å². The minimum atomic E-state index is 0.308. The first-order valence-corrected chi connectivity index (χ1v) is 5.94. The van der Waals surface area contributed by atoms with Crippen molar-refractivity contribution in [1.82, 2.24) is 0 Å². The first-order valence-electron chi connectivity index (χ1n) is 5.94. The molecular weight excluding hydrogens is 172 g/mol. The molecule has 1 nitrogen and oxygen atoms in total. The van der Waals surface area contributed by atoms with Crippen molar-refractivity contribution < 1.29 is 4.79 Å². The summed E-state index contributed by atoms with van der Waals surface area (Å²) in [5.74, 6) is 1.83. The summed E-state index contributed by atoms with van der Waals surface area (Å²) in [6.45, 7) is 4.37. The minimum absolute atomic E-state index is 0.308. The van der Waals surface area contributed by atoms with Crippen LogP contribution in [0.25, 0.3) is 0 Å². The van der Waals surface area contributed by atoms with Gasteiger partial charge in [0, 0.05) is 5.92 Å². The van der Waals surface area contributed by atoms with Crippen LogP contribution in [0.1, 0.15) is 46.0 Å². The monoisotopic (exact) mass is 192 g/mol. The molecule has 78 valence electrons. The number of ketones is 1. The molecule has 2 aliphatic rings. The van der Waals surface area contributed by atoms with Crippen molar-refractivity contribution in [2.45, 2.75) is 46.0 Å². The molecular formula is C13H20O. The van der Waals surface area contributed by atoms with E-state index in [2.05, 4.69) is 13.8 Å². The summed E-state index contributed by atoms with van der Waals surface area (Å²) in [4.78, 5) is 11.8. The van der Waals surface area contributed by atoms with Crippen molar-refractivity contribution in [3.63, 3.8) is 0 Å². The van der Waals surface area contributed by atoms with Crippen molar-refractivity contribution in [3.05, 3.63) is 11.6 Å². The second-order valence-corrected chi connectivity index (χ2v) is 5.10. The highest BCUT2D eigenvalue weighted by Gasteiger charge is 2.37. The maximum Gasteiger partial charge on any atom is 0.159 e. The highest BCUT2D eigenvalue weighted by molar-refractivity contribution is 5.95. The molecule has 0 heterocycles. The van der Waals surface area contributed by atoms with Crippen molar-refractivity contribution in [3.8, 4) is 0 Å². The third-order valence-corrected chi connectivity index (χ3v) is 3.76. The molecule has 0 aromatic carbocycles. The Bertz CT molecular complexity index is 262. The van der Waals surface area contributed by atoms with Gasteiger partial charge in [-0.2, -0.15) is 0 Å². The van der Waals surface area contributed by atoms with Crippen molar-refractivity contribution in [2.24, 2.45) is 17.8 Å². The molecule has 1 heteroatoms. The molecule has 0 bridgehead atoms. The van der Waals surface area contributed by atoms with E-state index in [-0.39, 0.29) is 0 Å². The normalized spacial score (nSPS) is 32.8. The number of fused-ring (bicyclic) bond motifs is 1. The lowest BCUT2D eigenvalue weighted by Crippen LogP contribution is -2.22. The Hall–Kier alpha value is -0.590. The first kappa shape index (κ1) is 9.95. The van der Waals surface area contributed by atoms with Crippen LogP contribution in [0.2, 0.25) is 0 Å². The fourth-order valence-electron chi connectivity index (χ4n) is 3.10. The lowest BCUT2D eigenvalue weighted by molar-refractivity contribution is -0.119. The Morgan fingerprint density at radius 1 is 1.29 bits per heavy atom. The molecule has 0 saturated heterocycles. The summed E-state index contributed by atoms with van der Waals surface area (Å²) >= 11 is 0. The quantitative estimate of drug-likeness (QED) is 0.622. The third kappa shape index (κ3) is 1.65. The SMILES string of the molecule is CC(C)C1C(=O)C=C2CCCCCC21. The summed E-state index contributed by atoms with van der Waals surface area (Å²) in [5, 5.41) is 0. The van der Waals surface area contributed by atoms with E-state index in [0.717, 1.165) is 0 Å².